The quantitative estimate of drug-likeness (QED) is 0.603. The number of sulfonamides is 1. The molecule has 0 heterocycles. The van der Waals surface area contributed by atoms with Crippen LogP contribution in [0.3, 0.4) is 0 Å². The van der Waals surface area contributed by atoms with Crippen LogP contribution in [-0.2, 0) is 10.0 Å². The molecule has 0 spiro atoms. The predicted molar refractivity (Wildman–Crippen MR) is 40.6 cm³/mol. The number of hydrogen-bond acceptors (Lipinski definition) is 3. The van der Waals surface area contributed by atoms with Crippen molar-refractivity contribution in [1.82, 2.24) is 0 Å². The Morgan fingerprint density at radius 2 is 2.00 bits per heavy atom. The first-order valence-electron chi connectivity index (χ1n) is 3.25. The van der Waals surface area contributed by atoms with Gasteiger partial charge in [-0.3, -0.25) is 0 Å². The molecule has 1 atom stereocenters. The zero-order chi connectivity index (χ0) is 8.20. The number of primary sulfonamides is 1. The highest BCUT2D eigenvalue weighted by atomic mass is 32.2. The van der Waals surface area contributed by atoms with E-state index in [1.165, 1.54) is 0 Å². The summed E-state index contributed by atoms with van der Waals surface area (Å²) in [4.78, 5) is 0. The van der Waals surface area contributed by atoms with Gasteiger partial charge >= 0.3 is 0 Å². The van der Waals surface area contributed by atoms with Crippen molar-refractivity contribution in [3.05, 3.63) is 0 Å². The van der Waals surface area contributed by atoms with Crippen LogP contribution in [-0.4, -0.2) is 13.8 Å². The van der Waals surface area contributed by atoms with E-state index in [1.54, 1.807) is 0 Å². The van der Waals surface area contributed by atoms with E-state index in [0.717, 1.165) is 12.8 Å². The molecule has 0 saturated carbocycles. The Bertz CT molecular complexity index is 176. The SMILES string of the molecule is CCCCC(N)S(N)(=O)=O. The van der Waals surface area contributed by atoms with E-state index in [4.69, 9.17) is 10.9 Å². The summed E-state index contributed by atoms with van der Waals surface area (Å²) in [5.74, 6) is 0. The Morgan fingerprint density at radius 3 is 2.30 bits per heavy atom. The molecule has 0 bridgehead atoms. The molecule has 4 N–H and O–H groups in total. The minimum absolute atomic E-state index is 0.454. The average Bonchev–Trinajstić information content (AvgIpc) is 1.80. The molecule has 10 heavy (non-hydrogen) atoms. The molecular formula is C5H14N2O2S. The Balaban J connectivity index is 3.75. The molecule has 0 fully saturated rings. The van der Waals surface area contributed by atoms with Gasteiger partial charge in [-0.1, -0.05) is 19.8 Å². The first-order chi connectivity index (χ1) is 4.48. The van der Waals surface area contributed by atoms with Crippen molar-refractivity contribution < 1.29 is 8.42 Å². The molecule has 0 aliphatic carbocycles. The monoisotopic (exact) mass is 166 g/mol. The zero-order valence-corrected chi connectivity index (χ0v) is 6.89. The normalized spacial score (nSPS) is 15.1. The minimum atomic E-state index is -3.50. The van der Waals surface area contributed by atoms with Crippen molar-refractivity contribution in [2.75, 3.05) is 0 Å². The van der Waals surface area contributed by atoms with E-state index in [1.807, 2.05) is 6.92 Å². The lowest BCUT2D eigenvalue weighted by molar-refractivity contribution is 0.568. The van der Waals surface area contributed by atoms with Crippen molar-refractivity contribution >= 4 is 10.0 Å². The lowest BCUT2D eigenvalue weighted by Gasteiger charge is -2.06. The maximum Gasteiger partial charge on any atom is 0.224 e. The third-order valence-corrected chi connectivity index (χ3v) is 2.34. The van der Waals surface area contributed by atoms with E-state index in [-0.39, 0.29) is 0 Å². The summed E-state index contributed by atoms with van der Waals surface area (Å²) in [7, 11) is -3.50. The highest BCUT2D eigenvalue weighted by Crippen LogP contribution is 2.00. The van der Waals surface area contributed by atoms with Gasteiger partial charge in [0.05, 0.1) is 0 Å². The number of nitrogens with two attached hydrogens (primary N) is 2. The zero-order valence-electron chi connectivity index (χ0n) is 6.08. The van der Waals surface area contributed by atoms with Crippen LogP contribution in [0.5, 0.6) is 0 Å². The fourth-order valence-corrected chi connectivity index (χ4v) is 1.06. The molecule has 0 aromatic carbocycles. The van der Waals surface area contributed by atoms with E-state index in [0.29, 0.717) is 6.42 Å². The summed E-state index contributed by atoms with van der Waals surface area (Å²) in [5, 5.41) is 3.88. The first-order valence-corrected chi connectivity index (χ1v) is 4.86. The Kier molecular flexibility index (Phi) is 3.85. The number of unbranched alkanes of at least 4 members (excludes halogenated alkanes) is 1. The summed E-state index contributed by atoms with van der Waals surface area (Å²) in [6.07, 6.45) is 2.19. The molecule has 0 aromatic rings. The third kappa shape index (κ3) is 3.81. The second kappa shape index (κ2) is 3.90. The molecule has 62 valence electrons. The number of rotatable bonds is 4. The third-order valence-electron chi connectivity index (χ3n) is 1.26. The maximum atomic E-state index is 10.5. The first kappa shape index (κ1) is 9.87. The van der Waals surface area contributed by atoms with Gasteiger partial charge in [-0.2, -0.15) is 0 Å². The van der Waals surface area contributed by atoms with Gasteiger partial charge in [-0.25, -0.2) is 13.6 Å². The molecule has 0 aromatic heterocycles. The van der Waals surface area contributed by atoms with Crippen LogP contribution in [0.25, 0.3) is 0 Å². The predicted octanol–water partition coefficient (Wildman–Crippen LogP) is -0.250. The minimum Gasteiger partial charge on any atom is -0.314 e. The summed E-state index contributed by atoms with van der Waals surface area (Å²) in [5.41, 5.74) is 5.22. The van der Waals surface area contributed by atoms with Crippen LogP contribution in [0, 0.1) is 0 Å². The topological polar surface area (TPSA) is 86.2 Å². The molecule has 0 rings (SSSR count). The van der Waals surface area contributed by atoms with Crippen molar-refractivity contribution in [3.63, 3.8) is 0 Å². The summed E-state index contributed by atoms with van der Waals surface area (Å²) < 4.78 is 21.0. The standard InChI is InChI=1S/C5H14N2O2S/c1-2-3-4-5(6)10(7,8)9/h5H,2-4,6H2,1H3,(H2,7,8,9). The average molecular weight is 166 g/mol. The molecule has 0 radical (unpaired) electrons. The highest BCUT2D eigenvalue weighted by molar-refractivity contribution is 7.89. The van der Waals surface area contributed by atoms with Gasteiger partial charge in [-0.15, -0.1) is 0 Å². The van der Waals surface area contributed by atoms with Crippen molar-refractivity contribution in [1.29, 1.82) is 0 Å². The van der Waals surface area contributed by atoms with Gasteiger partial charge in [0, 0.05) is 0 Å². The van der Waals surface area contributed by atoms with Crippen LogP contribution in [0.2, 0.25) is 0 Å². The van der Waals surface area contributed by atoms with E-state index < -0.39 is 15.4 Å². The van der Waals surface area contributed by atoms with Gasteiger partial charge in [0.1, 0.15) is 5.37 Å². The molecular weight excluding hydrogens is 152 g/mol. The van der Waals surface area contributed by atoms with Gasteiger partial charge in [0.25, 0.3) is 0 Å². The lowest BCUT2D eigenvalue weighted by Crippen LogP contribution is -2.35. The molecule has 0 saturated heterocycles. The van der Waals surface area contributed by atoms with Crippen molar-refractivity contribution in [3.8, 4) is 0 Å². The maximum absolute atomic E-state index is 10.5. The van der Waals surface area contributed by atoms with Gasteiger partial charge in [-0.05, 0) is 6.42 Å². The number of hydrogen-bond donors (Lipinski definition) is 2. The molecule has 0 aliphatic heterocycles. The molecule has 1 unspecified atom stereocenters. The molecule has 0 aliphatic rings. The van der Waals surface area contributed by atoms with Crippen LogP contribution in [0.15, 0.2) is 0 Å². The fourth-order valence-electron chi connectivity index (χ4n) is 0.570. The largest absolute Gasteiger partial charge is 0.314 e. The van der Waals surface area contributed by atoms with E-state index >= 15 is 0 Å². The Morgan fingerprint density at radius 1 is 1.50 bits per heavy atom. The second-order valence-corrected chi connectivity index (χ2v) is 4.05. The Hall–Kier alpha value is -0.130. The second-order valence-electron chi connectivity index (χ2n) is 2.27. The van der Waals surface area contributed by atoms with Crippen LogP contribution in [0.1, 0.15) is 26.2 Å². The Labute approximate surface area is 61.6 Å². The summed E-state index contributed by atoms with van der Waals surface area (Å²) >= 11 is 0. The lowest BCUT2D eigenvalue weighted by atomic mass is 10.2. The smallest absolute Gasteiger partial charge is 0.224 e. The summed E-state index contributed by atoms with van der Waals surface area (Å²) in [6, 6.07) is 0. The highest BCUT2D eigenvalue weighted by Gasteiger charge is 2.14. The van der Waals surface area contributed by atoms with Crippen LogP contribution in [0.4, 0.5) is 0 Å². The van der Waals surface area contributed by atoms with Crippen LogP contribution < -0.4 is 10.9 Å². The van der Waals surface area contributed by atoms with Gasteiger partial charge < -0.3 is 5.73 Å². The van der Waals surface area contributed by atoms with Crippen molar-refractivity contribution in [2.24, 2.45) is 10.9 Å². The van der Waals surface area contributed by atoms with Crippen LogP contribution >= 0.6 is 0 Å². The van der Waals surface area contributed by atoms with Crippen molar-refractivity contribution in [2.45, 2.75) is 31.6 Å². The molecule has 5 heteroatoms. The summed E-state index contributed by atoms with van der Waals surface area (Å²) in [6.45, 7) is 1.97. The van der Waals surface area contributed by atoms with E-state index in [2.05, 4.69) is 0 Å². The fraction of sp³-hybridized carbons (Fsp3) is 1.00. The molecule has 0 amide bonds. The van der Waals surface area contributed by atoms with Gasteiger partial charge in [0.15, 0.2) is 0 Å². The van der Waals surface area contributed by atoms with Gasteiger partial charge in [0.2, 0.25) is 10.0 Å². The molecule has 4 nitrogen and oxygen atoms in total. The van der Waals surface area contributed by atoms with E-state index in [9.17, 15) is 8.42 Å².